The van der Waals surface area contributed by atoms with E-state index in [0.29, 0.717) is 17.9 Å². The summed E-state index contributed by atoms with van der Waals surface area (Å²) >= 11 is 0. The maximum Gasteiger partial charge on any atom is 0.308 e. The molecule has 1 atom stereocenters. The van der Waals surface area contributed by atoms with Crippen molar-refractivity contribution < 1.29 is 19.4 Å². The number of para-hydroxylation sites is 2. The lowest BCUT2D eigenvalue weighted by molar-refractivity contribution is -0.142. The van der Waals surface area contributed by atoms with Crippen molar-refractivity contribution in [3.05, 3.63) is 59.7 Å². The Hall–Kier alpha value is -2.82. The maximum absolute atomic E-state index is 12.9. The fourth-order valence-electron chi connectivity index (χ4n) is 3.18. The Balaban J connectivity index is 1.86. The molecule has 2 aromatic carbocycles. The first-order valence-electron chi connectivity index (χ1n) is 8.48. The average Bonchev–Trinajstić information content (AvgIpc) is 2.62. The highest BCUT2D eigenvalue weighted by atomic mass is 16.5. The van der Waals surface area contributed by atoms with Gasteiger partial charge in [-0.3, -0.25) is 9.59 Å². The van der Waals surface area contributed by atoms with Gasteiger partial charge in [0.15, 0.2) is 0 Å². The number of carbonyl (C=O) groups excluding carboxylic acids is 1. The molecule has 2 N–H and O–H groups in total. The first-order valence-corrected chi connectivity index (χ1v) is 8.48. The van der Waals surface area contributed by atoms with Gasteiger partial charge in [-0.2, -0.15) is 0 Å². The second-order valence-electron chi connectivity index (χ2n) is 6.18. The predicted octanol–water partition coefficient (Wildman–Crippen LogP) is 3.54. The number of hydrogen-bond donors (Lipinski definition) is 2. The second-order valence-corrected chi connectivity index (χ2v) is 6.18. The molecule has 3 rings (SSSR count). The van der Waals surface area contributed by atoms with E-state index in [1.165, 1.54) is 0 Å². The molecule has 0 radical (unpaired) electrons. The third kappa shape index (κ3) is 3.50. The zero-order valence-corrected chi connectivity index (χ0v) is 14.1. The molecule has 1 aliphatic heterocycles. The minimum atomic E-state index is -0.880. The van der Waals surface area contributed by atoms with Gasteiger partial charge in [-0.1, -0.05) is 49.7 Å². The van der Waals surface area contributed by atoms with E-state index < -0.39 is 17.8 Å². The van der Waals surface area contributed by atoms with Crippen LogP contribution in [0.5, 0.6) is 11.5 Å². The predicted molar refractivity (Wildman–Crippen MR) is 93.8 cm³/mol. The molecule has 1 unspecified atom stereocenters. The summed E-state index contributed by atoms with van der Waals surface area (Å²) in [5.41, 5.74) is 1.59. The van der Waals surface area contributed by atoms with E-state index in [-0.39, 0.29) is 12.5 Å². The molecule has 1 amide bonds. The third-order valence-electron chi connectivity index (χ3n) is 4.45. The highest BCUT2D eigenvalue weighted by molar-refractivity contribution is 5.90. The summed E-state index contributed by atoms with van der Waals surface area (Å²) in [5, 5.41) is 12.1. The molecule has 0 bridgehead atoms. The van der Waals surface area contributed by atoms with Gasteiger partial charge >= 0.3 is 5.97 Å². The van der Waals surface area contributed by atoms with Gasteiger partial charge in [0, 0.05) is 17.7 Å². The summed E-state index contributed by atoms with van der Waals surface area (Å²) in [4.78, 5) is 24.2. The van der Waals surface area contributed by atoms with Crippen LogP contribution in [0.2, 0.25) is 0 Å². The molecule has 0 fully saturated rings. The molecule has 5 nitrogen and oxygen atoms in total. The quantitative estimate of drug-likeness (QED) is 0.844. The lowest BCUT2D eigenvalue weighted by atomic mass is 9.87. The largest absolute Gasteiger partial charge is 0.481 e. The van der Waals surface area contributed by atoms with Crippen molar-refractivity contribution in [1.29, 1.82) is 0 Å². The van der Waals surface area contributed by atoms with Crippen LogP contribution in [-0.4, -0.2) is 23.5 Å². The summed E-state index contributed by atoms with van der Waals surface area (Å²) in [6.45, 7) is 2.06. The van der Waals surface area contributed by atoms with Crippen molar-refractivity contribution in [3.8, 4) is 11.5 Å². The van der Waals surface area contributed by atoms with Crippen LogP contribution in [0.1, 0.15) is 36.8 Å². The molecule has 1 aliphatic rings. The fraction of sp³-hybridized carbons (Fsp3) is 0.300. The standard InChI is InChI=1S/C20H21NO4/c1-2-7-13(20(23)24)12-21-19(22)18-14-8-3-5-10-16(14)25-17-11-6-4-9-15(17)18/h3-6,8-11,13,18H,2,7,12H2,1H3,(H,21,22)(H,23,24). The Bertz CT molecular complexity index is 741. The van der Waals surface area contributed by atoms with Crippen molar-refractivity contribution in [1.82, 2.24) is 5.32 Å². The van der Waals surface area contributed by atoms with Crippen LogP contribution in [0.4, 0.5) is 0 Å². The van der Waals surface area contributed by atoms with Crippen LogP contribution in [0.15, 0.2) is 48.5 Å². The molecular weight excluding hydrogens is 318 g/mol. The van der Waals surface area contributed by atoms with E-state index in [2.05, 4.69) is 5.32 Å². The summed E-state index contributed by atoms with van der Waals surface area (Å²) in [6.07, 6.45) is 1.30. The average molecular weight is 339 g/mol. The molecule has 0 aliphatic carbocycles. The number of nitrogens with one attached hydrogen (secondary N) is 1. The molecule has 0 spiro atoms. The van der Waals surface area contributed by atoms with Crippen molar-refractivity contribution in [3.63, 3.8) is 0 Å². The number of carbonyl (C=O) groups is 2. The van der Waals surface area contributed by atoms with Crippen LogP contribution in [0, 0.1) is 5.92 Å². The fourth-order valence-corrected chi connectivity index (χ4v) is 3.18. The smallest absolute Gasteiger partial charge is 0.308 e. The van der Waals surface area contributed by atoms with Crippen molar-refractivity contribution >= 4 is 11.9 Å². The highest BCUT2D eigenvalue weighted by Gasteiger charge is 2.32. The van der Waals surface area contributed by atoms with E-state index in [0.717, 1.165) is 17.5 Å². The molecule has 1 heterocycles. The number of carboxylic acids is 1. The molecule has 0 saturated carbocycles. The van der Waals surface area contributed by atoms with Crippen molar-refractivity contribution in [2.75, 3.05) is 6.54 Å². The minimum absolute atomic E-state index is 0.129. The number of carboxylic acid groups (broad SMARTS) is 1. The topological polar surface area (TPSA) is 75.6 Å². The van der Waals surface area contributed by atoms with Crippen LogP contribution in [-0.2, 0) is 9.59 Å². The summed E-state index contributed by atoms with van der Waals surface area (Å²) in [6, 6.07) is 14.9. The van der Waals surface area contributed by atoms with E-state index in [1.807, 2.05) is 55.5 Å². The van der Waals surface area contributed by atoms with Crippen LogP contribution >= 0.6 is 0 Å². The molecule has 130 valence electrons. The molecule has 0 saturated heterocycles. The monoisotopic (exact) mass is 339 g/mol. The molecule has 5 heteroatoms. The van der Waals surface area contributed by atoms with Gasteiger partial charge in [0.2, 0.25) is 5.91 Å². The Morgan fingerprint density at radius 2 is 1.64 bits per heavy atom. The Morgan fingerprint density at radius 3 is 2.16 bits per heavy atom. The number of benzene rings is 2. The number of fused-ring (bicyclic) bond motifs is 2. The minimum Gasteiger partial charge on any atom is -0.481 e. The molecular formula is C20H21NO4. The Labute approximate surface area is 146 Å². The van der Waals surface area contributed by atoms with E-state index in [1.54, 1.807) is 0 Å². The summed E-state index contributed by atoms with van der Waals surface area (Å²) in [5.74, 6) is -0.841. The van der Waals surface area contributed by atoms with E-state index >= 15 is 0 Å². The van der Waals surface area contributed by atoms with Crippen molar-refractivity contribution in [2.24, 2.45) is 5.92 Å². The highest BCUT2D eigenvalue weighted by Crippen LogP contribution is 2.43. The normalized spacial score (nSPS) is 14.0. The van der Waals surface area contributed by atoms with Gasteiger partial charge in [0.1, 0.15) is 11.5 Å². The van der Waals surface area contributed by atoms with Gasteiger partial charge in [0.05, 0.1) is 11.8 Å². The lowest BCUT2D eigenvalue weighted by Gasteiger charge is -2.27. The SMILES string of the molecule is CCCC(CNC(=O)C1c2ccccc2Oc2ccccc21)C(=O)O. The second kappa shape index (κ2) is 7.38. The Kier molecular flexibility index (Phi) is 5.03. The third-order valence-corrected chi connectivity index (χ3v) is 4.45. The van der Waals surface area contributed by atoms with E-state index in [9.17, 15) is 14.7 Å². The number of hydrogen-bond acceptors (Lipinski definition) is 3. The van der Waals surface area contributed by atoms with Gasteiger partial charge in [0.25, 0.3) is 0 Å². The molecule has 2 aromatic rings. The lowest BCUT2D eigenvalue weighted by Crippen LogP contribution is -2.37. The number of ether oxygens (including phenoxy) is 1. The zero-order valence-electron chi connectivity index (χ0n) is 14.1. The molecule has 25 heavy (non-hydrogen) atoms. The van der Waals surface area contributed by atoms with Crippen molar-refractivity contribution in [2.45, 2.75) is 25.7 Å². The van der Waals surface area contributed by atoms with E-state index in [4.69, 9.17) is 4.74 Å². The number of aliphatic carboxylic acids is 1. The summed E-state index contributed by atoms with van der Waals surface area (Å²) in [7, 11) is 0. The maximum atomic E-state index is 12.9. The van der Waals surface area contributed by atoms with Crippen LogP contribution < -0.4 is 10.1 Å². The zero-order chi connectivity index (χ0) is 17.8. The molecule has 0 aromatic heterocycles. The van der Waals surface area contributed by atoms with Gasteiger partial charge < -0.3 is 15.2 Å². The van der Waals surface area contributed by atoms with Gasteiger partial charge in [-0.15, -0.1) is 0 Å². The number of rotatable bonds is 6. The number of amides is 1. The van der Waals surface area contributed by atoms with Crippen LogP contribution in [0.3, 0.4) is 0 Å². The van der Waals surface area contributed by atoms with Crippen LogP contribution in [0.25, 0.3) is 0 Å². The Morgan fingerprint density at radius 1 is 1.08 bits per heavy atom. The first-order chi connectivity index (χ1) is 12.1. The summed E-state index contributed by atoms with van der Waals surface area (Å²) < 4.78 is 5.89. The van der Waals surface area contributed by atoms with Gasteiger partial charge in [-0.05, 0) is 18.6 Å². The first kappa shape index (κ1) is 17.0. The van der Waals surface area contributed by atoms with Gasteiger partial charge in [-0.25, -0.2) is 0 Å².